The van der Waals surface area contributed by atoms with Gasteiger partial charge in [-0.15, -0.1) is 0 Å². The molecule has 0 fully saturated rings. The van der Waals surface area contributed by atoms with Gasteiger partial charge in [0.15, 0.2) is 0 Å². The normalized spacial score (nSPS) is 12.9. The smallest absolute Gasteiger partial charge is 0.123 e. The van der Waals surface area contributed by atoms with Crippen LogP contribution >= 0.6 is 0 Å². The third-order valence-electron chi connectivity index (χ3n) is 3.71. The van der Waals surface area contributed by atoms with Crippen LogP contribution in [0.4, 0.5) is 0 Å². The number of likely N-dealkylation sites (N-methyl/N-ethyl adjacent to an activating group) is 2. The highest BCUT2D eigenvalue weighted by molar-refractivity contribution is 5.36. The molecule has 0 saturated carbocycles. The van der Waals surface area contributed by atoms with Gasteiger partial charge in [0.2, 0.25) is 0 Å². The lowest BCUT2D eigenvalue weighted by atomic mass is 10.0. The zero-order valence-electron chi connectivity index (χ0n) is 14.2. The Morgan fingerprint density at radius 2 is 1.86 bits per heavy atom. The first kappa shape index (κ1) is 18.0. The predicted octanol–water partition coefficient (Wildman–Crippen LogP) is 2.23. The van der Waals surface area contributed by atoms with E-state index in [1.165, 1.54) is 12.0 Å². The summed E-state index contributed by atoms with van der Waals surface area (Å²) in [6, 6.07) is 8.56. The van der Waals surface area contributed by atoms with Gasteiger partial charge in [-0.25, -0.2) is 0 Å². The van der Waals surface area contributed by atoms with Crippen LogP contribution in [-0.2, 0) is 0 Å². The number of methoxy groups -OCH3 is 1. The summed E-state index contributed by atoms with van der Waals surface area (Å²) < 4.78 is 5.50. The van der Waals surface area contributed by atoms with Gasteiger partial charge in [0.25, 0.3) is 0 Å². The lowest BCUT2D eigenvalue weighted by Crippen LogP contribution is -2.38. The molecule has 1 aromatic carbocycles. The van der Waals surface area contributed by atoms with Crippen molar-refractivity contribution in [2.75, 3.05) is 54.4 Å². The second kappa shape index (κ2) is 9.77. The molecule has 21 heavy (non-hydrogen) atoms. The average molecular weight is 293 g/mol. The first-order valence-corrected chi connectivity index (χ1v) is 7.79. The lowest BCUT2D eigenvalue weighted by molar-refractivity contribution is 0.220. The topological polar surface area (TPSA) is 27.7 Å². The molecule has 1 unspecified atom stereocenters. The first-order chi connectivity index (χ1) is 10.1. The molecular formula is C17H31N3O. The second-order valence-corrected chi connectivity index (χ2v) is 5.69. The molecule has 1 N–H and O–H groups in total. The molecule has 1 rings (SSSR count). The third kappa shape index (κ3) is 6.04. The zero-order chi connectivity index (χ0) is 15.7. The Morgan fingerprint density at radius 1 is 1.14 bits per heavy atom. The summed E-state index contributed by atoms with van der Waals surface area (Å²) in [7, 11) is 8.01. The third-order valence-corrected chi connectivity index (χ3v) is 3.71. The van der Waals surface area contributed by atoms with Gasteiger partial charge in [-0.3, -0.25) is 0 Å². The maximum absolute atomic E-state index is 5.50. The summed E-state index contributed by atoms with van der Waals surface area (Å²) in [5.74, 6) is 0.959. The van der Waals surface area contributed by atoms with Gasteiger partial charge in [0, 0.05) is 31.2 Å². The Labute approximate surface area is 130 Å². The maximum atomic E-state index is 5.50. The molecule has 4 heteroatoms. The molecule has 0 radical (unpaired) electrons. The highest BCUT2D eigenvalue weighted by Gasteiger charge is 2.17. The highest BCUT2D eigenvalue weighted by Crippen LogP contribution is 2.25. The van der Waals surface area contributed by atoms with Crippen molar-refractivity contribution in [1.29, 1.82) is 0 Å². The molecule has 0 spiro atoms. The van der Waals surface area contributed by atoms with Crippen molar-refractivity contribution in [2.24, 2.45) is 0 Å². The van der Waals surface area contributed by atoms with E-state index in [0.29, 0.717) is 0 Å². The fraction of sp³-hybridized carbons (Fsp3) is 0.647. The van der Waals surface area contributed by atoms with Crippen molar-refractivity contribution in [3.8, 4) is 5.75 Å². The minimum Gasteiger partial charge on any atom is -0.496 e. The van der Waals surface area contributed by atoms with E-state index in [1.54, 1.807) is 7.11 Å². The molecule has 0 bridgehead atoms. The van der Waals surface area contributed by atoms with Gasteiger partial charge in [0.05, 0.1) is 7.11 Å². The molecule has 0 aliphatic heterocycles. The SMILES string of the molecule is CCCN(CCN(C)C)CC(NC)c1ccccc1OC. The summed E-state index contributed by atoms with van der Waals surface area (Å²) >= 11 is 0. The van der Waals surface area contributed by atoms with Crippen LogP contribution in [0.1, 0.15) is 24.9 Å². The molecule has 1 aromatic rings. The van der Waals surface area contributed by atoms with Crippen LogP contribution in [0.2, 0.25) is 0 Å². The van der Waals surface area contributed by atoms with Crippen molar-refractivity contribution in [2.45, 2.75) is 19.4 Å². The van der Waals surface area contributed by atoms with E-state index in [1.807, 2.05) is 19.2 Å². The van der Waals surface area contributed by atoms with Crippen molar-refractivity contribution in [3.05, 3.63) is 29.8 Å². The number of nitrogens with zero attached hydrogens (tertiary/aromatic N) is 2. The number of para-hydroxylation sites is 1. The number of hydrogen-bond donors (Lipinski definition) is 1. The minimum atomic E-state index is 0.287. The van der Waals surface area contributed by atoms with E-state index in [-0.39, 0.29) is 6.04 Å². The van der Waals surface area contributed by atoms with E-state index < -0.39 is 0 Å². The molecule has 0 saturated heterocycles. The Hall–Kier alpha value is -1.10. The van der Waals surface area contributed by atoms with Crippen molar-refractivity contribution >= 4 is 0 Å². The Bertz CT molecular complexity index is 395. The number of ether oxygens (including phenoxy) is 1. The summed E-state index contributed by atoms with van der Waals surface area (Å²) in [5.41, 5.74) is 1.23. The fourth-order valence-electron chi connectivity index (χ4n) is 2.51. The Balaban J connectivity index is 2.77. The van der Waals surface area contributed by atoms with Crippen LogP contribution in [0.5, 0.6) is 5.75 Å². The van der Waals surface area contributed by atoms with Crippen LogP contribution < -0.4 is 10.1 Å². The number of benzene rings is 1. The Morgan fingerprint density at radius 3 is 2.43 bits per heavy atom. The first-order valence-electron chi connectivity index (χ1n) is 7.79. The second-order valence-electron chi connectivity index (χ2n) is 5.69. The van der Waals surface area contributed by atoms with Crippen molar-refractivity contribution in [3.63, 3.8) is 0 Å². The van der Waals surface area contributed by atoms with E-state index >= 15 is 0 Å². The van der Waals surface area contributed by atoms with E-state index in [0.717, 1.165) is 31.9 Å². The minimum absolute atomic E-state index is 0.287. The molecule has 0 aliphatic carbocycles. The summed E-state index contributed by atoms with van der Waals surface area (Å²) in [4.78, 5) is 4.76. The highest BCUT2D eigenvalue weighted by atomic mass is 16.5. The molecule has 120 valence electrons. The van der Waals surface area contributed by atoms with E-state index in [4.69, 9.17) is 4.74 Å². The van der Waals surface area contributed by atoms with Gasteiger partial charge in [0.1, 0.15) is 5.75 Å². The van der Waals surface area contributed by atoms with Gasteiger partial charge in [-0.2, -0.15) is 0 Å². The molecule has 0 aliphatic rings. The van der Waals surface area contributed by atoms with Crippen LogP contribution in [0, 0.1) is 0 Å². The van der Waals surface area contributed by atoms with Crippen molar-refractivity contribution < 1.29 is 4.74 Å². The number of nitrogens with one attached hydrogen (secondary N) is 1. The van der Waals surface area contributed by atoms with Crippen molar-refractivity contribution in [1.82, 2.24) is 15.1 Å². The van der Waals surface area contributed by atoms with E-state index in [2.05, 4.69) is 48.3 Å². The number of rotatable bonds is 10. The molecule has 0 aromatic heterocycles. The quantitative estimate of drug-likeness (QED) is 0.716. The van der Waals surface area contributed by atoms with Gasteiger partial charge in [-0.05, 0) is 40.2 Å². The summed E-state index contributed by atoms with van der Waals surface area (Å²) in [6.07, 6.45) is 1.18. The monoisotopic (exact) mass is 293 g/mol. The molecule has 4 nitrogen and oxygen atoms in total. The largest absolute Gasteiger partial charge is 0.496 e. The van der Waals surface area contributed by atoms with Gasteiger partial charge < -0.3 is 19.9 Å². The summed E-state index contributed by atoms with van der Waals surface area (Å²) in [5, 5.41) is 3.43. The zero-order valence-corrected chi connectivity index (χ0v) is 14.2. The predicted molar refractivity (Wildman–Crippen MR) is 90.1 cm³/mol. The number of hydrogen-bond acceptors (Lipinski definition) is 4. The molecule has 0 amide bonds. The van der Waals surface area contributed by atoms with Gasteiger partial charge >= 0.3 is 0 Å². The summed E-state index contributed by atoms with van der Waals surface area (Å²) in [6.45, 7) is 6.54. The van der Waals surface area contributed by atoms with Crippen LogP contribution in [-0.4, -0.2) is 64.2 Å². The van der Waals surface area contributed by atoms with Gasteiger partial charge in [-0.1, -0.05) is 25.1 Å². The van der Waals surface area contributed by atoms with Crippen LogP contribution in [0.3, 0.4) is 0 Å². The van der Waals surface area contributed by atoms with Crippen LogP contribution in [0.25, 0.3) is 0 Å². The molecule has 1 atom stereocenters. The maximum Gasteiger partial charge on any atom is 0.123 e. The van der Waals surface area contributed by atoms with E-state index in [9.17, 15) is 0 Å². The fourth-order valence-corrected chi connectivity index (χ4v) is 2.51. The standard InChI is InChI=1S/C17H31N3O/c1-6-11-20(13-12-19(3)4)14-16(18-2)15-9-7-8-10-17(15)21-5/h7-10,16,18H,6,11-14H2,1-5H3. The Kier molecular flexibility index (Phi) is 8.35. The molecule has 0 heterocycles. The van der Waals surface area contributed by atoms with Crippen LogP contribution in [0.15, 0.2) is 24.3 Å². The molecular weight excluding hydrogens is 262 g/mol. The lowest BCUT2D eigenvalue weighted by Gasteiger charge is -2.29. The average Bonchev–Trinajstić information content (AvgIpc) is 2.50.